The maximum atomic E-state index is 14.6. The molecule has 4 heterocycles. The summed E-state index contributed by atoms with van der Waals surface area (Å²) in [5.41, 5.74) is 1.60. The monoisotopic (exact) mass is 452 g/mol. The zero-order valence-electron chi connectivity index (χ0n) is 18.2. The molecule has 1 aromatic carbocycles. The Balaban J connectivity index is 1.56. The molecule has 1 aliphatic rings. The summed E-state index contributed by atoms with van der Waals surface area (Å²) >= 11 is 0. The standard InChI is InChI=1S/C22H22F2N8O/c1-13(28-22-26-12-25-20-3-4-27-32(20)22)16-11-17-18(24)9-15(23)10-19(17)29-21(16)31-7-5-30(6-8-31)14(2)33/h3-4,9-13H,5-8H2,1-2H3,(H,25,26,28). The first-order valence-corrected chi connectivity index (χ1v) is 10.6. The second-order valence-electron chi connectivity index (χ2n) is 8.01. The minimum atomic E-state index is -0.680. The van der Waals surface area contributed by atoms with Gasteiger partial charge in [0.05, 0.1) is 17.8 Å². The Labute approximate surface area is 188 Å². The number of nitrogens with zero attached hydrogens (tertiary/aromatic N) is 7. The van der Waals surface area contributed by atoms with Crippen molar-refractivity contribution in [2.24, 2.45) is 0 Å². The number of amides is 1. The van der Waals surface area contributed by atoms with Gasteiger partial charge in [-0.25, -0.2) is 23.7 Å². The molecule has 1 N–H and O–H groups in total. The zero-order valence-corrected chi connectivity index (χ0v) is 18.2. The van der Waals surface area contributed by atoms with E-state index < -0.39 is 11.6 Å². The highest BCUT2D eigenvalue weighted by Gasteiger charge is 2.25. The predicted octanol–water partition coefficient (Wildman–Crippen LogP) is 2.79. The van der Waals surface area contributed by atoms with E-state index in [1.54, 1.807) is 34.7 Å². The Hall–Kier alpha value is -3.89. The smallest absolute Gasteiger partial charge is 0.227 e. The van der Waals surface area contributed by atoms with E-state index in [1.165, 1.54) is 12.4 Å². The van der Waals surface area contributed by atoms with Crippen molar-refractivity contribution < 1.29 is 13.6 Å². The first kappa shape index (κ1) is 21.0. The lowest BCUT2D eigenvalue weighted by atomic mass is 10.0. The summed E-state index contributed by atoms with van der Waals surface area (Å²) in [6, 6.07) is 5.21. The number of hydrogen-bond acceptors (Lipinski definition) is 7. The van der Waals surface area contributed by atoms with Crippen LogP contribution in [-0.2, 0) is 4.79 Å². The van der Waals surface area contributed by atoms with E-state index >= 15 is 0 Å². The van der Waals surface area contributed by atoms with E-state index in [4.69, 9.17) is 0 Å². The van der Waals surface area contributed by atoms with Gasteiger partial charge in [-0.15, -0.1) is 0 Å². The molecule has 1 fully saturated rings. The molecule has 1 aliphatic heterocycles. The maximum absolute atomic E-state index is 14.6. The second kappa shape index (κ2) is 8.23. The Kier molecular flexibility index (Phi) is 5.23. The van der Waals surface area contributed by atoms with E-state index in [9.17, 15) is 13.6 Å². The van der Waals surface area contributed by atoms with Crippen molar-refractivity contribution in [1.29, 1.82) is 0 Å². The predicted molar refractivity (Wildman–Crippen MR) is 119 cm³/mol. The number of benzene rings is 1. The molecule has 1 saturated heterocycles. The fourth-order valence-electron chi connectivity index (χ4n) is 4.13. The van der Waals surface area contributed by atoms with Crippen LogP contribution in [0.5, 0.6) is 0 Å². The zero-order chi connectivity index (χ0) is 23.1. The Morgan fingerprint density at radius 2 is 1.91 bits per heavy atom. The van der Waals surface area contributed by atoms with Crippen molar-refractivity contribution in [3.63, 3.8) is 0 Å². The van der Waals surface area contributed by atoms with Gasteiger partial charge in [-0.3, -0.25) is 4.79 Å². The summed E-state index contributed by atoms with van der Waals surface area (Å²) in [6.07, 6.45) is 3.07. The van der Waals surface area contributed by atoms with Crippen LogP contribution in [0, 0.1) is 11.6 Å². The van der Waals surface area contributed by atoms with Crippen molar-refractivity contribution in [3.8, 4) is 0 Å². The highest BCUT2D eigenvalue weighted by molar-refractivity contribution is 5.83. The summed E-state index contributed by atoms with van der Waals surface area (Å²) in [5.74, 6) is -0.241. The second-order valence-corrected chi connectivity index (χ2v) is 8.01. The van der Waals surface area contributed by atoms with E-state index in [0.717, 1.165) is 11.6 Å². The number of rotatable bonds is 4. The van der Waals surface area contributed by atoms with Gasteiger partial charge in [-0.05, 0) is 13.0 Å². The molecule has 1 unspecified atom stereocenters. The first-order chi connectivity index (χ1) is 15.9. The largest absolute Gasteiger partial charge is 0.353 e. The van der Waals surface area contributed by atoms with E-state index in [2.05, 4.69) is 25.4 Å². The molecule has 5 rings (SSSR count). The van der Waals surface area contributed by atoms with Crippen LogP contribution in [0.3, 0.4) is 0 Å². The van der Waals surface area contributed by atoms with E-state index in [-0.39, 0.29) is 22.9 Å². The molecule has 11 heteroatoms. The maximum Gasteiger partial charge on any atom is 0.227 e. The number of piperazine rings is 1. The Bertz CT molecular complexity index is 1350. The summed E-state index contributed by atoms with van der Waals surface area (Å²) in [4.78, 5) is 28.6. The number of nitrogens with one attached hydrogen (secondary N) is 1. The number of carbonyl (C=O) groups is 1. The number of hydrogen-bond donors (Lipinski definition) is 1. The van der Waals surface area contributed by atoms with Crippen molar-refractivity contribution >= 4 is 34.2 Å². The van der Waals surface area contributed by atoms with Gasteiger partial charge in [-0.1, -0.05) is 0 Å². The van der Waals surface area contributed by atoms with Crippen LogP contribution < -0.4 is 10.2 Å². The van der Waals surface area contributed by atoms with Crippen LogP contribution in [0.1, 0.15) is 25.5 Å². The molecule has 0 aliphatic carbocycles. The number of fused-ring (bicyclic) bond motifs is 2. The number of anilines is 2. The lowest BCUT2D eigenvalue weighted by Gasteiger charge is -2.36. The van der Waals surface area contributed by atoms with Crippen LogP contribution in [0.15, 0.2) is 36.8 Å². The molecule has 0 spiro atoms. The molecular weight excluding hydrogens is 430 g/mol. The van der Waals surface area contributed by atoms with Gasteiger partial charge in [0.25, 0.3) is 0 Å². The van der Waals surface area contributed by atoms with Crippen molar-refractivity contribution in [2.75, 3.05) is 36.4 Å². The average Bonchev–Trinajstić information content (AvgIpc) is 3.28. The molecule has 0 radical (unpaired) electrons. The van der Waals surface area contributed by atoms with Gasteiger partial charge < -0.3 is 15.1 Å². The molecule has 170 valence electrons. The van der Waals surface area contributed by atoms with Gasteiger partial charge >= 0.3 is 0 Å². The molecule has 4 aromatic rings. The van der Waals surface area contributed by atoms with Crippen LogP contribution in [-0.4, -0.2) is 61.6 Å². The third kappa shape index (κ3) is 3.90. The fraction of sp³-hybridized carbons (Fsp3) is 0.318. The molecule has 0 saturated carbocycles. The van der Waals surface area contributed by atoms with Crippen LogP contribution in [0.25, 0.3) is 16.6 Å². The molecule has 33 heavy (non-hydrogen) atoms. The topological polar surface area (TPSA) is 91.5 Å². The number of pyridine rings is 1. The van der Waals surface area contributed by atoms with E-state index in [1.807, 2.05) is 11.8 Å². The van der Waals surface area contributed by atoms with Gasteiger partial charge in [-0.2, -0.15) is 9.61 Å². The number of carbonyl (C=O) groups excluding carboxylic acids is 1. The van der Waals surface area contributed by atoms with Crippen molar-refractivity contribution in [3.05, 3.63) is 54.0 Å². The molecule has 9 nitrogen and oxygen atoms in total. The highest BCUT2D eigenvalue weighted by atomic mass is 19.1. The first-order valence-electron chi connectivity index (χ1n) is 10.6. The molecule has 1 atom stereocenters. The summed E-state index contributed by atoms with van der Waals surface area (Å²) in [5, 5.41) is 7.79. The van der Waals surface area contributed by atoms with Gasteiger partial charge in [0.1, 0.15) is 23.8 Å². The minimum absolute atomic E-state index is 0.0209. The van der Waals surface area contributed by atoms with Gasteiger partial charge in [0.2, 0.25) is 11.9 Å². The molecule has 3 aromatic heterocycles. The fourth-order valence-corrected chi connectivity index (χ4v) is 4.13. The van der Waals surface area contributed by atoms with Crippen LogP contribution in [0.4, 0.5) is 20.5 Å². The lowest BCUT2D eigenvalue weighted by molar-refractivity contribution is -0.129. The molecular formula is C22H22F2N8O. The Morgan fingerprint density at radius 1 is 1.12 bits per heavy atom. The van der Waals surface area contributed by atoms with Crippen LogP contribution >= 0.6 is 0 Å². The number of aromatic nitrogens is 5. The van der Waals surface area contributed by atoms with Gasteiger partial charge in [0, 0.05) is 62.3 Å². The Morgan fingerprint density at radius 3 is 2.67 bits per heavy atom. The van der Waals surface area contributed by atoms with E-state index in [0.29, 0.717) is 43.6 Å². The lowest BCUT2D eigenvalue weighted by Crippen LogP contribution is -2.48. The minimum Gasteiger partial charge on any atom is -0.353 e. The average molecular weight is 452 g/mol. The highest BCUT2D eigenvalue weighted by Crippen LogP contribution is 2.32. The molecule has 1 amide bonds. The normalized spacial score (nSPS) is 15.3. The molecule has 0 bridgehead atoms. The van der Waals surface area contributed by atoms with Gasteiger partial charge in [0.15, 0.2) is 5.65 Å². The third-order valence-electron chi connectivity index (χ3n) is 5.89. The van der Waals surface area contributed by atoms with Crippen molar-refractivity contribution in [1.82, 2.24) is 29.5 Å². The van der Waals surface area contributed by atoms with Crippen molar-refractivity contribution in [2.45, 2.75) is 19.9 Å². The SMILES string of the molecule is CC(=O)N1CCN(c2nc3cc(F)cc(F)c3cc2C(C)Nc2ncnc3ccnn23)CC1. The van der Waals surface area contributed by atoms with Crippen LogP contribution in [0.2, 0.25) is 0 Å². The quantitative estimate of drug-likeness (QED) is 0.509. The number of halogens is 2. The summed E-state index contributed by atoms with van der Waals surface area (Å²) in [7, 11) is 0. The summed E-state index contributed by atoms with van der Waals surface area (Å²) < 4.78 is 30.1. The third-order valence-corrected chi connectivity index (χ3v) is 5.89. The summed E-state index contributed by atoms with van der Waals surface area (Å²) in [6.45, 7) is 5.68.